The minimum absolute atomic E-state index is 0.603. The van der Waals surface area contributed by atoms with Crippen molar-refractivity contribution in [1.82, 2.24) is 24.1 Å². The van der Waals surface area contributed by atoms with Crippen LogP contribution in [0.1, 0.15) is 0 Å². The van der Waals surface area contributed by atoms with Crippen LogP contribution in [0.5, 0.6) is 0 Å². The van der Waals surface area contributed by atoms with Crippen molar-refractivity contribution in [3.63, 3.8) is 0 Å². The van der Waals surface area contributed by atoms with Crippen LogP contribution in [0.25, 0.3) is 122 Å². The molecule has 0 unspecified atom stereocenters. The highest BCUT2D eigenvalue weighted by Gasteiger charge is 2.28. The van der Waals surface area contributed by atoms with E-state index in [4.69, 9.17) is 19.4 Å². The summed E-state index contributed by atoms with van der Waals surface area (Å²) in [5, 5.41) is 6.76. The van der Waals surface area contributed by atoms with Crippen molar-refractivity contribution < 1.29 is 4.42 Å². The first kappa shape index (κ1) is 35.2. The standard InChI is InChI=1S/C57H35N5O/c1-5-19-36(20-6-1)45-35-40(33-34-41(45)57-59-55(37-21-7-2-8-22-37)58-56(60-57)38-23-9-3-10-24-38)62-47-31-17-14-28-43(47)51-53(62)52-49(50-44-29-15-18-32-48(44)63-54(50)51)42-27-13-16-30-46(42)61(52)39-25-11-4-12-26-39/h1-35H. The number of aromatic nitrogens is 5. The Morgan fingerprint density at radius 1 is 0.333 bits per heavy atom. The van der Waals surface area contributed by atoms with E-state index in [2.05, 4.69) is 161 Å². The molecule has 0 aliphatic carbocycles. The largest absolute Gasteiger partial charge is 0.455 e. The van der Waals surface area contributed by atoms with E-state index in [0.717, 1.165) is 99.4 Å². The van der Waals surface area contributed by atoms with Crippen LogP contribution in [0.3, 0.4) is 0 Å². The number of hydrogen-bond donors (Lipinski definition) is 0. The molecule has 4 heterocycles. The average molecular weight is 806 g/mol. The van der Waals surface area contributed by atoms with Gasteiger partial charge in [0.05, 0.1) is 27.5 Å². The maximum atomic E-state index is 7.02. The van der Waals surface area contributed by atoms with Crippen molar-refractivity contribution in [2.75, 3.05) is 0 Å². The van der Waals surface area contributed by atoms with E-state index in [0.29, 0.717) is 17.5 Å². The highest BCUT2D eigenvalue weighted by atomic mass is 16.3. The Morgan fingerprint density at radius 2 is 0.810 bits per heavy atom. The number of para-hydroxylation sites is 4. The first-order chi connectivity index (χ1) is 31.3. The van der Waals surface area contributed by atoms with Crippen molar-refractivity contribution in [2.24, 2.45) is 0 Å². The number of benzene rings is 9. The molecule has 13 aromatic rings. The van der Waals surface area contributed by atoms with Crippen molar-refractivity contribution in [1.29, 1.82) is 0 Å². The Morgan fingerprint density at radius 3 is 1.44 bits per heavy atom. The maximum absolute atomic E-state index is 7.02. The third-order valence-corrected chi connectivity index (χ3v) is 12.3. The average Bonchev–Trinajstić information content (AvgIpc) is 4.03. The van der Waals surface area contributed by atoms with E-state index in [1.165, 1.54) is 5.39 Å². The zero-order valence-electron chi connectivity index (χ0n) is 33.9. The highest BCUT2D eigenvalue weighted by Crippen LogP contribution is 2.50. The molecule has 0 spiro atoms. The molecule has 13 rings (SSSR count). The summed E-state index contributed by atoms with van der Waals surface area (Å²) in [5.41, 5.74) is 13.1. The van der Waals surface area contributed by atoms with Gasteiger partial charge in [-0.1, -0.05) is 164 Å². The first-order valence-corrected chi connectivity index (χ1v) is 21.2. The SMILES string of the molecule is c1ccc(-c2nc(-c3ccccc3)nc(-c3ccc(-n4c5ccccc5c5c6oc7ccccc7c6c6c7ccccc7n(-c7ccccc7)c6c54)cc3-c3ccccc3)n2)cc1. The fraction of sp³-hybridized carbons (Fsp3) is 0. The first-order valence-electron chi connectivity index (χ1n) is 21.2. The van der Waals surface area contributed by atoms with Gasteiger partial charge in [-0.2, -0.15) is 0 Å². The monoisotopic (exact) mass is 805 g/mol. The van der Waals surface area contributed by atoms with Gasteiger partial charge in [-0.3, -0.25) is 0 Å². The van der Waals surface area contributed by atoms with E-state index in [9.17, 15) is 0 Å². The Kier molecular flexibility index (Phi) is 7.80. The molecule has 0 radical (unpaired) electrons. The summed E-state index contributed by atoms with van der Waals surface area (Å²) in [7, 11) is 0. The third-order valence-electron chi connectivity index (χ3n) is 12.3. The van der Waals surface area contributed by atoms with Gasteiger partial charge in [-0.25, -0.2) is 15.0 Å². The molecule has 9 aromatic carbocycles. The van der Waals surface area contributed by atoms with Crippen LogP contribution in [0.4, 0.5) is 0 Å². The van der Waals surface area contributed by atoms with Crippen molar-refractivity contribution >= 4 is 65.6 Å². The lowest BCUT2D eigenvalue weighted by molar-refractivity contribution is 0.673. The molecule has 0 saturated carbocycles. The minimum atomic E-state index is 0.603. The van der Waals surface area contributed by atoms with Crippen LogP contribution in [-0.4, -0.2) is 24.1 Å². The fourth-order valence-electron chi connectivity index (χ4n) is 9.65. The predicted octanol–water partition coefficient (Wildman–Crippen LogP) is 14.6. The highest BCUT2D eigenvalue weighted by molar-refractivity contribution is 6.39. The molecule has 0 aliphatic heterocycles. The van der Waals surface area contributed by atoms with Crippen LogP contribution in [0.15, 0.2) is 217 Å². The van der Waals surface area contributed by atoms with Gasteiger partial charge in [0.2, 0.25) is 0 Å². The Labute approximate surface area is 361 Å². The lowest BCUT2D eigenvalue weighted by atomic mass is 9.98. The maximum Gasteiger partial charge on any atom is 0.164 e. The summed E-state index contributed by atoms with van der Waals surface area (Å²) in [6.45, 7) is 0. The van der Waals surface area contributed by atoms with Gasteiger partial charge in [-0.15, -0.1) is 0 Å². The molecule has 0 bridgehead atoms. The van der Waals surface area contributed by atoms with E-state index >= 15 is 0 Å². The second-order valence-corrected chi connectivity index (χ2v) is 15.9. The van der Waals surface area contributed by atoms with Crippen LogP contribution >= 0.6 is 0 Å². The molecule has 0 saturated heterocycles. The van der Waals surface area contributed by atoms with Crippen LogP contribution in [-0.2, 0) is 0 Å². The van der Waals surface area contributed by atoms with Crippen LogP contribution in [0, 0.1) is 0 Å². The summed E-state index contributed by atoms with van der Waals surface area (Å²) < 4.78 is 11.9. The lowest BCUT2D eigenvalue weighted by Crippen LogP contribution is -2.02. The topological polar surface area (TPSA) is 61.7 Å². The molecule has 63 heavy (non-hydrogen) atoms. The van der Waals surface area contributed by atoms with Gasteiger partial charge in [0, 0.05) is 55.0 Å². The number of nitrogens with zero attached hydrogens (tertiary/aromatic N) is 5. The summed E-state index contributed by atoms with van der Waals surface area (Å²) in [6.07, 6.45) is 0. The summed E-state index contributed by atoms with van der Waals surface area (Å²) in [4.78, 5) is 15.4. The van der Waals surface area contributed by atoms with Gasteiger partial charge in [0.1, 0.15) is 11.2 Å². The fourth-order valence-corrected chi connectivity index (χ4v) is 9.65. The zero-order chi connectivity index (χ0) is 41.4. The smallest absolute Gasteiger partial charge is 0.164 e. The van der Waals surface area contributed by atoms with E-state index in [1.807, 2.05) is 60.7 Å². The summed E-state index contributed by atoms with van der Waals surface area (Å²) in [5.74, 6) is 1.85. The molecule has 6 heteroatoms. The predicted molar refractivity (Wildman–Crippen MR) is 258 cm³/mol. The molecule has 4 aromatic heterocycles. The molecule has 294 valence electrons. The number of furan rings is 1. The zero-order valence-corrected chi connectivity index (χ0v) is 33.9. The van der Waals surface area contributed by atoms with Crippen LogP contribution in [0.2, 0.25) is 0 Å². The second-order valence-electron chi connectivity index (χ2n) is 15.9. The van der Waals surface area contributed by atoms with Gasteiger partial charge in [0.25, 0.3) is 0 Å². The Balaban J connectivity index is 1.18. The van der Waals surface area contributed by atoms with Crippen molar-refractivity contribution in [3.8, 4) is 56.7 Å². The molecule has 0 atom stereocenters. The third kappa shape index (κ3) is 5.41. The van der Waals surface area contributed by atoms with E-state index in [-0.39, 0.29) is 0 Å². The molecular formula is C57H35N5O. The van der Waals surface area contributed by atoms with Crippen molar-refractivity contribution in [3.05, 3.63) is 212 Å². The lowest BCUT2D eigenvalue weighted by Gasteiger charge is -2.16. The number of hydrogen-bond acceptors (Lipinski definition) is 4. The van der Waals surface area contributed by atoms with Gasteiger partial charge >= 0.3 is 0 Å². The quantitative estimate of drug-likeness (QED) is 0.168. The second kappa shape index (κ2) is 14.0. The van der Waals surface area contributed by atoms with Gasteiger partial charge < -0.3 is 13.6 Å². The minimum Gasteiger partial charge on any atom is -0.455 e. The Hall–Kier alpha value is -8.61. The molecular weight excluding hydrogens is 771 g/mol. The molecule has 0 fully saturated rings. The normalized spacial score (nSPS) is 11.8. The number of rotatable bonds is 6. The summed E-state index contributed by atoms with van der Waals surface area (Å²) >= 11 is 0. The molecule has 0 N–H and O–H groups in total. The van der Waals surface area contributed by atoms with Gasteiger partial charge in [0.15, 0.2) is 17.5 Å². The van der Waals surface area contributed by atoms with Gasteiger partial charge in [-0.05, 0) is 59.7 Å². The van der Waals surface area contributed by atoms with E-state index < -0.39 is 0 Å². The molecule has 0 aliphatic rings. The molecule has 0 amide bonds. The number of fused-ring (bicyclic) bond motifs is 12. The summed E-state index contributed by atoms with van der Waals surface area (Å²) in [6, 6.07) is 74.2. The van der Waals surface area contributed by atoms with Crippen molar-refractivity contribution in [2.45, 2.75) is 0 Å². The van der Waals surface area contributed by atoms with E-state index in [1.54, 1.807) is 0 Å². The Bertz CT molecular complexity index is 3830. The molecule has 6 nitrogen and oxygen atoms in total. The van der Waals surface area contributed by atoms with Crippen LogP contribution < -0.4 is 0 Å².